The summed E-state index contributed by atoms with van der Waals surface area (Å²) in [7, 11) is -3.00. The minimum Gasteiger partial charge on any atom is -0.469 e. The molecule has 1 unspecified atom stereocenters. The fourth-order valence-electron chi connectivity index (χ4n) is 1.16. The molecule has 0 fully saturated rings. The molecule has 0 aliphatic rings. The van der Waals surface area contributed by atoms with E-state index in [4.69, 9.17) is 10.2 Å². The van der Waals surface area contributed by atoms with Crippen LogP contribution in [0.15, 0.2) is 22.8 Å². The molecule has 1 rings (SSSR count). The zero-order chi connectivity index (χ0) is 9.90. The molecule has 1 atom stereocenters. The summed E-state index contributed by atoms with van der Waals surface area (Å²) in [4.78, 5) is 0. The third-order valence-corrected chi connectivity index (χ3v) is 2.74. The van der Waals surface area contributed by atoms with Crippen LogP contribution in [0.2, 0.25) is 0 Å². The molecule has 0 aliphatic heterocycles. The van der Waals surface area contributed by atoms with Crippen LogP contribution in [-0.4, -0.2) is 27.0 Å². The molecule has 0 radical (unpaired) electrons. The molecule has 0 saturated carbocycles. The van der Waals surface area contributed by atoms with Crippen molar-refractivity contribution in [3.63, 3.8) is 0 Å². The van der Waals surface area contributed by atoms with Gasteiger partial charge in [-0.05, 0) is 12.1 Å². The standard InChI is InChI=1S/C8H13NO3S/c1-13(10,11)6-7(5-9)8-3-2-4-12-8/h2-4,7H,5-6,9H2,1H3. The molecule has 4 nitrogen and oxygen atoms in total. The van der Waals surface area contributed by atoms with E-state index in [-0.39, 0.29) is 18.2 Å². The van der Waals surface area contributed by atoms with E-state index in [1.54, 1.807) is 12.1 Å². The first kappa shape index (κ1) is 10.3. The van der Waals surface area contributed by atoms with Gasteiger partial charge in [0.1, 0.15) is 15.6 Å². The molecule has 0 saturated heterocycles. The number of rotatable bonds is 4. The Balaban J connectivity index is 2.76. The van der Waals surface area contributed by atoms with Crippen molar-refractivity contribution in [2.45, 2.75) is 5.92 Å². The Morgan fingerprint density at radius 3 is 2.69 bits per heavy atom. The second kappa shape index (κ2) is 3.93. The van der Waals surface area contributed by atoms with Crippen LogP contribution in [0.1, 0.15) is 11.7 Å². The van der Waals surface area contributed by atoms with Gasteiger partial charge in [0.15, 0.2) is 0 Å². The Labute approximate surface area is 77.7 Å². The van der Waals surface area contributed by atoms with Crippen LogP contribution in [0.3, 0.4) is 0 Å². The van der Waals surface area contributed by atoms with Gasteiger partial charge in [0.05, 0.1) is 12.0 Å². The molecule has 0 amide bonds. The number of hydrogen-bond donors (Lipinski definition) is 1. The quantitative estimate of drug-likeness (QED) is 0.767. The molecular weight excluding hydrogens is 190 g/mol. The summed E-state index contributed by atoms with van der Waals surface area (Å²) in [6.07, 6.45) is 2.71. The average molecular weight is 203 g/mol. The van der Waals surface area contributed by atoms with Gasteiger partial charge in [0.25, 0.3) is 0 Å². The van der Waals surface area contributed by atoms with Crippen LogP contribution in [-0.2, 0) is 9.84 Å². The van der Waals surface area contributed by atoms with Crippen molar-refractivity contribution in [1.82, 2.24) is 0 Å². The van der Waals surface area contributed by atoms with E-state index in [0.717, 1.165) is 0 Å². The van der Waals surface area contributed by atoms with Gasteiger partial charge >= 0.3 is 0 Å². The Morgan fingerprint density at radius 1 is 1.62 bits per heavy atom. The highest BCUT2D eigenvalue weighted by Crippen LogP contribution is 2.16. The zero-order valence-corrected chi connectivity index (χ0v) is 8.25. The molecule has 1 heterocycles. The van der Waals surface area contributed by atoms with Gasteiger partial charge in [-0.2, -0.15) is 0 Å². The lowest BCUT2D eigenvalue weighted by molar-refractivity contribution is 0.475. The predicted octanol–water partition coefficient (Wildman–Crippen LogP) is 0.367. The normalized spacial score (nSPS) is 14.3. The first-order valence-electron chi connectivity index (χ1n) is 3.94. The highest BCUT2D eigenvalue weighted by Gasteiger charge is 2.17. The summed E-state index contributed by atoms with van der Waals surface area (Å²) in [5.74, 6) is 0.440. The van der Waals surface area contributed by atoms with Crippen molar-refractivity contribution in [3.8, 4) is 0 Å². The molecule has 0 aromatic carbocycles. The number of furan rings is 1. The Morgan fingerprint density at radius 2 is 2.31 bits per heavy atom. The van der Waals surface area contributed by atoms with E-state index in [1.165, 1.54) is 12.5 Å². The summed E-state index contributed by atoms with van der Waals surface area (Å²) < 4.78 is 27.1. The van der Waals surface area contributed by atoms with Gasteiger partial charge in [-0.3, -0.25) is 0 Å². The maximum absolute atomic E-state index is 11.0. The molecule has 1 aromatic heterocycles. The van der Waals surface area contributed by atoms with Gasteiger partial charge in [-0.15, -0.1) is 0 Å². The van der Waals surface area contributed by atoms with Crippen molar-refractivity contribution < 1.29 is 12.8 Å². The molecule has 2 N–H and O–H groups in total. The van der Waals surface area contributed by atoms with Crippen LogP contribution in [0.5, 0.6) is 0 Å². The van der Waals surface area contributed by atoms with E-state index in [9.17, 15) is 8.42 Å². The van der Waals surface area contributed by atoms with Crippen LogP contribution in [0.4, 0.5) is 0 Å². The summed E-state index contributed by atoms with van der Waals surface area (Å²) >= 11 is 0. The van der Waals surface area contributed by atoms with E-state index in [2.05, 4.69) is 0 Å². The second-order valence-electron chi connectivity index (χ2n) is 3.04. The molecule has 0 bridgehead atoms. The third kappa shape index (κ3) is 3.20. The summed E-state index contributed by atoms with van der Waals surface area (Å²) in [6, 6.07) is 3.46. The largest absolute Gasteiger partial charge is 0.469 e. The number of hydrogen-bond acceptors (Lipinski definition) is 4. The maximum atomic E-state index is 11.0. The van der Waals surface area contributed by atoms with Crippen molar-refractivity contribution in [2.75, 3.05) is 18.6 Å². The Bertz CT molecular complexity index is 341. The first-order chi connectivity index (χ1) is 6.03. The maximum Gasteiger partial charge on any atom is 0.148 e. The van der Waals surface area contributed by atoms with Crippen LogP contribution in [0.25, 0.3) is 0 Å². The highest BCUT2D eigenvalue weighted by atomic mass is 32.2. The van der Waals surface area contributed by atoms with Gasteiger partial charge < -0.3 is 10.2 Å². The SMILES string of the molecule is CS(=O)(=O)CC(CN)c1ccco1. The van der Waals surface area contributed by atoms with E-state index < -0.39 is 9.84 Å². The van der Waals surface area contributed by atoms with Crippen molar-refractivity contribution in [1.29, 1.82) is 0 Å². The van der Waals surface area contributed by atoms with Crippen LogP contribution in [0, 0.1) is 0 Å². The molecule has 0 spiro atoms. The van der Waals surface area contributed by atoms with Gasteiger partial charge in [-0.25, -0.2) is 8.42 Å². The highest BCUT2D eigenvalue weighted by molar-refractivity contribution is 7.90. The Kier molecular flexibility index (Phi) is 3.11. The van der Waals surface area contributed by atoms with Crippen molar-refractivity contribution in [2.24, 2.45) is 5.73 Å². The number of nitrogens with two attached hydrogens (primary N) is 1. The monoisotopic (exact) mass is 203 g/mol. The molecule has 74 valence electrons. The summed E-state index contributed by atoms with van der Waals surface area (Å²) in [5.41, 5.74) is 5.45. The fourth-order valence-corrected chi connectivity index (χ4v) is 2.19. The topological polar surface area (TPSA) is 73.3 Å². The van der Waals surface area contributed by atoms with Crippen molar-refractivity contribution >= 4 is 9.84 Å². The number of sulfone groups is 1. The predicted molar refractivity (Wildman–Crippen MR) is 50.2 cm³/mol. The van der Waals surface area contributed by atoms with E-state index in [1.807, 2.05) is 0 Å². The van der Waals surface area contributed by atoms with E-state index in [0.29, 0.717) is 5.76 Å². The van der Waals surface area contributed by atoms with Crippen LogP contribution < -0.4 is 5.73 Å². The smallest absolute Gasteiger partial charge is 0.148 e. The Hall–Kier alpha value is -0.810. The van der Waals surface area contributed by atoms with Gasteiger partial charge in [0.2, 0.25) is 0 Å². The van der Waals surface area contributed by atoms with E-state index >= 15 is 0 Å². The van der Waals surface area contributed by atoms with Gasteiger partial charge in [-0.1, -0.05) is 0 Å². The lowest BCUT2D eigenvalue weighted by atomic mass is 10.1. The summed E-state index contributed by atoms with van der Waals surface area (Å²) in [5, 5.41) is 0. The first-order valence-corrected chi connectivity index (χ1v) is 6.00. The molecule has 5 heteroatoms. The molecule has 1 aromatic rings. The summed E-state index contributed by atoms with van der Waals surface area (Å²) in [6.45, 7) is 0.278. The lowest BCUT2D eigenvalue weighted by Gasteiger charge is -2.09. The van der Waals surface area contributed by atoms with Crippen molar-refractivity contribution in [3.05, 3.63) is 24.2 Å². The zero-order valence-electron chi connectivity index (χ0n) is 7.43. The second-order valence-corrected chi connectivity index (χ2v) is 5.23. The molecular formula is C8H13NO3S. The molecule has 0 aliphatic carbocycles. The molecule has 13 heavy (non-hydrogen) atoms. The van der Waals surface area contributed by atoms with Gasteiger partial charge in [0, 0.05) is 18.7 Å². The average Bonchev–Trinajstić information content (AvgIpc) is 2.50. The minimum absolute atomic E-state index is 0.0387. The van der Waals surface area contributed by atoms with Crippen LogP contribution >= 0.6 is 0 Å². The fraction of sp³-hybridized carbons (Fsp3) is 0.500. The minimum atomic E-state index is -3.00. The lowest BCUT2D eigenvalue weighted by Crippen LogP contribution is -2.20. The third-order valence-electron chi connectivity index (χ3n) is 1.73.